The van der Waals surface area contributed by atoms with Gasteiger partial charge in [-0.2, -0.15) is 0 Å². The maximum absolute atomic E-state index is 14.9. The minimum atomic E-state index is -0.881. The lowest BCUT2D eigenvalue weighted by molar-refractivity contribution is 0.408. The van der Waals surface area contributed by atoms with Crippen molar-refractivity contribution >= 4 is 0 Å². The highest BCUT2D eigenvalue weighted by molar-refractivity contribution is 5.72. The highest BCUT2D eigenvalue weighted by atomic mass is 19.2. The molecule has 1 heterocycles. The Morgan fingerprint density at radius 2 is 1.26 bits per heavy atom. The molecule has 1 unspecified atom stereocenters. The number of halogens is 3. The van der Waals surface area contributed by atoms with Gasteiger partial charge in [-0.05, 0) is 53.3 Å². The summed E-state index contributed by atoms with van der Waals surface area (Å²) in [6, 6.07) is 22.7. The normalized spacial score (nSPS) is 14.8. The molecule has 1 fully saturated rings. The molecule has 4 aromatic carbocycles. The average molecular weight is 460 g/mol. The molecule has 0 spiro atoms. The van der Waals surface area contributed by atoms with Crippen molar-refractivity contribution in [2.75, 3.05) is 13.7 Å². The van der Waals surface area contributed by atoms with E-state index in [-0.39, 0.29) is 23.0 Å². The first-order valence-electron chi connectivity index (χ1n) is 11.1. The van der Waals surface area contributed by atoms with E-state index in [0.29, 0.717) is 41.9 Å². The third-order valence-electron chi connectivity index (χ3n) is 6.20. The van der Waals surface area contributed by atoms with Crippen molar-refractivity contribution in [2.45, 2.75) is 18.9 Å². The summed E-state index contributed by atoms with van der Waals surface area (Å²) in [5.74, 6) is -1.34. The summed E-state index contributed by atoms with van der Waals surface area (Å²) >= 11 is 0. The molecule has 34 heavy (non-hydrogen) atoms. The lowest BCUT2D eigenvalue weighted by atomic mass is 9.97. The van der Waals surface area contributed by atoms with Gasteiger partial charge in [-0.15, -0.1) is 0 Å². The van der Waals surface area contributed by atoms with Crippen molar-refractivity contribution in [3.63, 3.8) is 0 Å². The fraction of sp³-hybridized carbons (Fsp3) is 0.172. The van der Waals surface area contributed by atoms with E-state index in [4.69, 9.17) is 9.47 Å². The number of hydrogen-bond donors (Lipinski definition) is 0. The zero-order chi connectivity index (χ0) is 23.7. The molecule has 0 saturated carbocycles. The van der Waals surface area contributed by atoms with Gasteiger partial charge in [0.2, 0.25) is 0 Å². The summed E-state index contributed by atoms with van der Waals surface area (Å²) in [4.78, 5) is 0. The molecule has 0 aliphatic carbocycles. The van der Waals surface area contributed by atoms with Crippen molar-refractivity contribution < 1.29 is 22.6 Å². The molecule has 0 aromatic heterocycles. The Hall–Kier alpha value is -3.57. The second-order valence-corrected chi connectivity index (χ2v) is 8.39. The van der Waals surface area contributed by atoms with Gasteiger partial charge in [-0.3, -0.25) is 0 Å². The van der Waals surface area contributed by atoms with E-state index in [1.807, 2.05) is 18.2 Å². The van der Waals surface area contributed by atoms with Gasteiger partial charge in [0.1, 0.15) is 17.7 Å². The number of ether oxygens (including phenoxy) is 2. The van der Waals surface area contributed by atoms with Crippen molar-refractivity contribution in [3.8, 4) is 28.0 Å². The van der Waals surface area contributed by atoms with Crippen LogP contribution in [-0.4, -0.2) is 13.7 Å². The molecule has 5 heteroatoms. The minimum absolute atomic E-state index is 0.0999. The van der Waals surface area contributed by atoms with Crippen LogP contribution in [0.5, 0.6) is 5.75 Å². The number of rotatable bonds is 7. The quantitative estimate of drug-likeness (QED) is 0.270. The summed E-state index contributed by atoms with van der Waals surface area (Å²) in [6.07, 6.45) is 1.30. The summed E-state index contributed by atoms with van der Waals surface area (Å²) in [6.45, 7) is 0.581. The van der Waals surface area contributed by atoms with E-state index in [9.17, 15) is 13.2 Å². The largest absolute Gasteiger partial charge is 0.497 e. The predicted octanol–water partition coefficient (Wildman–Crippen LogP) is 7.30. The number of epoxide rings is 1. The second kappa shape index (κ2) is 9.35. The van der Waals surface area contributed by atoms with Crippen LogP contribution in [0.2, 0.25) is 0 Å². The molecule has 2 nitrogen and oxygen atoms in total. The smallest absolute Gasteiger partial charge is 0.167 e. The molecule has 1 aliphatic heterocycles. The van der Waals surface area contributed by atoms with E-state index in [0.717, 1.165) is 11.1 Å². The van der Waals surface area contributed by atoms with Crippen LogP contribution < -0.4 is 4.74 Å². The second-order valence-electron chi connectivity index (χ2n) is 8.39. The van der Waals surface area contributed by atoms with Crippen LogP contribution in [0.25, 0.3) is 22.3 Å². The molecule has 1 aliphatic rings. The standard InChI is InChI=1S/C29H23F3O2/c1-33-22-11-9-21(10-12-22)24-15-14-23(28(31)29(24)32)20-7-4-18(5-8-20)2-3-19-6-13-25(26(30)16-19)27-17-34-27/h4-16,27H,2-3,17H2,1H3. The van der Waals surface area contributed by atoms with Crippen molar-refractivity contribution in [3.05, 3.63) is 113 Å². The zero-order valence-electron chi connectivity index (χ0n) is 18.7. The Balaban J connectivity index is 1.30. The molecule has 5 rings (SSSR count). The summed E-state index contributed by atoms with van der Waals surface area (Å²) in [7, 11) is 1.55. The predicted molar refractivity (Wildman–Crippen MR) is 126 cm³/mol. The van der Waals surface area contributed by atoms with Gasteiger partial charge in [0.15, 0.2) is 11.6 Å². The first-order valence-corrected chi connectivity index (χ1v) is 11.1. The molecule has 0 bridgehead atoms. The van der Waals surface area contributed by atoms with E-state index in [2.05, 4.69) is 0 Å². The molecule has 1 saturated heterocycles. The van der Waals surface area contributed by atoms with E-state index >= 15 is 0 Å². The summed E-state index contributed by atoms with van der Waals surface area (Å²) in [5.41, 5.74) is 4.14. The Morgan fingerprint density at radius 3 is 1.79 bits per heavy atom. The Labute approximate surface area is 196 Å². The van der Waals surface area contributed by atoms with Gasteiger partial charge >= 0.3 is 0 Å². The van der Waals surface area contributed by atoms with Gasteiger partial charge in [0.05, 0.1) is 13.7 Å². The molecule has 4 aromatic rings. The fourth-order valence-corrected chi connectivity index (χ4v) is 4.12. The summed E-state index contributed by atoms with van der Waals surface area (Å²) in [5, 5.41) is 0. The van der Waals surface area contributed by atoms with Crippen molar-refractivity contribution in [1.29, 1.82) is 0 Å². The molecule has 1 atom stereocenters. The van der Waals surface area contributed by atoms with Crippen LogP contribution in [0.3, 0.4) is 0 Å². The first kappa shape index (κ1) is 22.2. The molecular formula is C29H23F3O2. The van der Waals surface area contributed by atoms with Crippen LogP contribution in [0.4, 0.5) is 13.2 Å². The molecule has 172 valence electrons. The fourth-order valence-electron chi connectivity index (χ4n) is 4.12. The Kier molecular flexibility index (Phi) is 6.12. The van der Waals surface area contributed by atoms with Crippen LogP contribution in [0.1, 0.15) is 22.8 Å². The SMILES string of the molecule is COc1ccc(-c2ccc(-c3ccc(CCc4ccc(C5CO5)c(F)c4)cc3)c(F)c2F)cc1. The van der Waals surface area contributed by atoms with E-state index in [1.54, 1.807) is 67.8 Å². The Bertz CT molecular complexity index is 1310. The van der Waals surface area contributed by atoms with Gasteiger partial charge in [0, 0.05) is 16.7 Å². The van der Waals surface area contributed by atoms with Crippen LogP contribution >= 0.6 is 0 Å². The lowest BCUT2D eigenvalue weighted by Crippen LogP contribution is -1.96. The highest BCUT2D eigenvalue weighted by Gasteiger charge is 2.27. The maximum Gasteiger partial charge on any atom is 0.167 e. The molecular weight excluding hydrogens is 437 g/mol. The monoisotopic (exact) mass is 460 g/mol. The molecule has 0 N–H and O–H groups in total. The third kappa shape index (κ3) is 4.57. The van der Waals surface area contributed by atoms with Crippen molar-refractivity contribution in [1.82, 2.24) is 0 Å². The average Bonchev–Trinajstić information content (AvgIpc) is 3.70. The van der Waals surface area contributed by atoms with Crippen molar-refractivity contribution in [2.24, 2.45) is 0 Å². The Morgan fingerprint density at radius 1 is 0.735 bits per heavy atom. The maximum atomic E-state index is 14.9. The first-order chi connectivity index (χ1) is 16.5. The van der Waals surface area contributed by atoms with Crippen LogP contribution in [0, 0.1) is 17.5 Å². The zero-order valence-corrected chi connectivity index (χ0v) is 18.7. The van der Waals surface area contributed by atoms with Gasteiger partial charge in [-0.1, -0.05) is 60.7 Å². The van der Waals surface area contributed by atoms with E-state index < -0.39 is 11.6 Å². The number of benzene rings is 4. The third-order valence-corrected chi connectivity index (χ3v) is 6.20. The molecule has 0 radical (unpaired) electrons. The van der Waals surface area contributed by atoms with Crippen LogP contribution in [-0.2, 0) is 17.6 Å². The number of aryl methyl sites for hydroxylation is 2. The number of methoxy groups -OCH3 is 1. The minimum Gasteiger partial charge on any atom is -0.497 e. The van der Waals surface area contributed by atoms with Crippen LogP contribution in [0.15, 0.2) is 78.9 Å². The molecule has 0 amide bonds. The van der Waals surface area contributed by atoms with E-state index in [1.165, 1.54) is 0 Å². The van der Waals surface area contributed by atoms with Gasteiger partial charge < -0.3 is 9.47 Å². The topological polar surface area (TPSA) is 21.8 Å². The van der Waals surface area contributed by atoms with Gasteiger partial charge in [-0.25, -0.2) is 13.2 Å². The summed E-state index contributed by atoms with van der Waals surface area (Å²) < 4.78 is 54.3. The highest BCUT2D eigenvalue weighted by Crippen LogP contribution is 2.33. The van der Waals surface area contributed by atoms with Gasteiger partial charge in [0.25, 0.3) is 0 Å². The number of hydrogen-bond acceptors (Lipinski definition) is 2. The lowest BCUT2D eigenvalue weighted by Gasteiger charge is -2.11.